The van der Waals surface area contributed by atoms with Crippen LogP contribution in [0.1, 0.15) is 19.3 Å². The summed E-state index contributed by atoms with van der Waals surface area (Å²) in [5, 5.41) is 11.1. The molecule has 0 aromatic carbocycles. The molecule has 0 unspecified atom stereocenters. The molecule has 1 aliphatic rings. The molecule has 0 bridgehead atoms. The van der Waals surface area contributed by atoms with E-state index in [9.17, 15) is 18.0 Å². The molecule has 0 spiro atoms. The van der Waals surface area contributed by atoms with E-state index in [-0.39, 0.29) is 0 Å². The van der Waals surface area contributed by atoms with Gasteiger partial charge < -0.3 is 5.32 Å². The highest BCUT2D eigenvalue weighted by Crippen LogP contribution is 2.27. The van der Waals surface area contributed by atoms with E-state index < -0.39 is 24.0 Å². The Bertz CT molecular complexity index is 305. The second kappa shape index (κ2) is 4.95. The van der Waals surface area contributed by atoms with E-state index >= 15 is 0 Å². The summed E-state index contributed by atoms with van der Waals surface area (Å²) in [5.74, 6) is 0.237. The minimum Gasteiger partial charge on any atom is -0.337 e. The number of alkyl halides is 3. The molecule has 1 heterocycles. The van der Waals surface area contributed by atoms with Crippen LogP contribution in [0.5, 0.6) is 0 Å². The fourth-order valence-corrected chi connectivity index (χ4v) is 2.67. The van der Waals surface area contributed by atoms with Crippen molar-refractivity contribution >= 4 is 17.7 Å². The van der Waals surface area contributed by atoms with Gasteiger partial charge in [-0.05, 0) is 24.3 Å². The third-order valence-corrected chi connectivity index (χ3v) is 3.29. The Kier molecular flexibility index (Phi) is 4.08. The molecule has 1 N–H and O–H groups in total. The third kappa shape index (κ3) is 3.93. The van der Waals surface area contributed by atoms with Gasteiger partial charge in [0.2, 0.25) is 5.91 Å². The molecule has 7 heteroatoms. The molecule has 16 heavy (non-hydrogen) atoms. The number of thioether (sulfide) groups is 1. The van der Waals surface area contributed by atoms with Gasteiger partial charge in [-0.1, -0.05) is 0 Å². The van der Waals surface area contributed by atoms with Crippen LogP contribution in [0.4, 0.5) is 13.2 Å². The lowest BCUT2D eigenvalue weighted by molar-refractivity contribution is -0.154. The van der Waals surface area contributed by atoms with E-state index in [0.717, 1.165) is 0 Å². The van der Waals surface area contributed by atoms with Crippen LogP contribution < -0.4 is 5.32 Å². The topological polar surface area (TPSA) is 52.9 Å². The van der Waals surface area contributed by atoms with Gasteiger partial charge in [-0.3, -0.25) is 4.79 Å². The second-order valence-electron chi connectivity index (χ2n) is 3.65. The summed E-state index contributed by atoms with van der Waals surface area (Å²) in [4.78, 5) is 11.1. The number of nitrogens with zero attached hydrogens (tertiary/aromatic N) is 1. The summed E-state index contributed by atoms with van der Waals surface area (Å²) in [6.07, 6.45) is -5.25. The number of nitrogens with one attached hydrogen (secondary N) is 1. The number of amides is 1. The Morgan fingerprint density at radius 1 is 1.44 bits per heavy atom. The summed E-state index contributed by atoms with van der Waals surface area (Å²) in [7, 11) is 0. The van der Waals surface area contributed by atoms with Crippen LogP contribution in [-0.4, -0.2) is 29.1 Å². The van der Waals surface area contributed by atoms with E-state index in [0.29, 0.717) is 24.3 Å². The zero-order chi connectivity index (χ0) is 12.2. The minimum absolute atomic E-state index is 0.401. The molecular formula is C9H11F3N2OS. The predicted octanol–water partition coefficient (Wildman–Crippen LogP) is 1.84. The van der Waals surface area contributed by atoms with E-state index in [4.69, 9.17) is 5.26 Å². The molecule has 1 rings (SSSR count). The molecule has 1 amide bonds. The van der Waals surface area contributed by atoms with Crippen molar-refractivity contribution in [2.45, 2.75) is 31.0 Å². The van der Waals surface area contributed by atoms with Crippen molar-refractivity contribution in [3.05, 3.63) is 0 Å². The van der Waals surface area contributed by atoms with Gasteiger partial charge in [0.25, 0.3) is 0 Å². The summed E-state index contributed by atoms with van der Waals surface area (Å²) in [6, 6.07) is 1.92. The maximum absolute atomic E-state index is 11.9. The van der Waals surface area contributed by atoms with Gasteiger partial charge in [-0.15, -0.1) is 0 Å². The van der Waals surface area contributed by atoms with Gasteiger partial charge in [-0.2, -0.15) is 30.2 Å². The minimum atomic E-state index is -4.52. The second-order valence-corrected chi connectivity index (χ2v) is 4.87. The first-order valence-corrected chi connectivity index (χ1v) is 5.89. The Hall–Kier alpha value is -0.900. The van der Waals surface area contributed by atoms with Crippen molar-refractivity contribution in [2.75, 3.05) is 11.5 Å². The first-order chi connectivity index (χ1) is 7.37. The number of carbonyl (C=O) groups excluding carboxylic acids is 1. The zero-order valence-electron chi connectivity index (χ0n) is 8.43. The van der Waals surface area contributed by atoms with Crippen LogP contribution >= 0.6 is 11.8 Å². The Morgan fingerprint density at radius 3 is 2.44 bits per heavy atom. The Morgan fingerprint density at radius 2 is 2.00 bits per heavy atom. The zero-order valence-corrected chi connectivity index (χ0v) is 9.25. The van der Waals surface area contributed by atoms with Crippen molar-refractivity contribution in [3.63, 3.8) is 0 Å². The Labute approximate surface area is 95.4 Å². The standard InChI is InChI=1S/C9H11F3N2OS/c10-9(11,12)5-7(15)14-8(6-13)1-3-16-4-2-8/h1-5H2,(H,14,15). The number of carbonyl (C=O) groups is 1. The van der Waals surface area contributed by atoms with Crippen LogP contribution in [0.2, 0.25) is 0 Å². The van der Waals surface area contributed by atoms with Gasteiger partial charge >= 0.3 is 6.18 Å². The first-order valence-electron chi connectivity index (χ1n) is 4.74. The van der Waals surface area contributed by atoms with Crippen molar-refractivity contribution in [1.82, 2.24) is 5.32 Å². The predicted molar refractivity (Wildman–Crippen MR) is 53.7 cm³/mol. The molecule has 0 saturated carbocycles. The number of hydrogen-bond acceptors (Lipinski definition) is 3. The number of rotatable bonds is 2. The lowest BCUT2D eigenvalue weighted by Gasteiger charge is -2.31. The molecule has 3 nitrogen and oxygen atoms in total. The first kappa shape index (κ1) is 13.2. The van der Waals surface area contributed by atoms with E-state index in [2.05, 4.69) is 5.32 Å². The molecule has 1 fully saturated rings. The van der Waals surface area contributed by atoms with Gasteiger partial charge in [-0.25, -0.2) is 0 Å². The summed E-state index contributed by atoms with van der Waals surface area (Å²) >= 11 is 1.63. The molecule has 0 aromatic heterocycles. The molecule has 1 aliphatic heterocycles. The lowest BCUT2D eigenvalue weighted by atomic mass is 9.94. The highest BCUT2D eigenvalue weighted by molar-refractivity contribution is 7.99. The molecule has 0 radical (unpaired) electrons. The highest BCUT2D eigenvalue weighted by atomic mass is 32.2. The summed E-state index contributed by atoms with van der Waals surface area (Å²) in [5.41, 5.74) is -1.10. The summed E-state index contributed by atoms with van der Waals surface area (Å²) < 4.78 is 35.8. The Balaban J connectivity index is 2.57. The molecule has 90 valence electrons. The fraction of sp³-hybridized carbons (Fsp3) is 0.778. The van der Waals surface area contributed by atoms with Crippen LogP contribution in [0.25, 0.3) is 0 Å². The molecule has 1 saturated heterocycles. The average molecular weight is 252 g/mol. The van der Waals surface area contributed by atoms with Crippen molar-refractivity contribution in [2.24, 2.45) is 0 Å². The molecule has 0 atom stereocenters. The fourth-order valence-electron chi connectivity index (χ4n) is 1.48. The largest absolute Gasteiger partial charge is 0.397 e. The van der Waals surface area contributed by atoms with E-state index in [1.807, 2.05) is 6.07 Å². The van der Waals surface area contributed by atoms with Crippen LogP contribution in [0, 0.1) is 11.3 Å². The molecular weight excluding hydrogens is 241 g/mol. The summed E-state index contributed by atoms with van der Waals surface area (Å²) in [6.45, 7) is 0. The normalized spacial score (nSPS) is 19.9. The van der Waals surface area contributed by atoms with Gasteiger partial charge in [0.1, 0.15) is 12.0 Å². The highest BCUT2D eigenvalue weighted by Gasteiger charge is 2.38. The van der Waals surface area contributed by atoms with Gasteiger partial charge in [0.15, 0.2) is 0 Å². The van der Waals surface area contributed by atoms with E-state index in [1.54, 1.807) is 11.8 Å². The van der Waals surface area contributed by atoms with Crippen LogP contribution in [-0.2, 0) is 4.79 Å². The van der Waals surface area contributed by atoms with Gasteiger partial charge in [0, 0.05) is 0 Å². The molecule has 0 aromatic rings. The maximum atomic E-state index is 11.9. The van der Waals surface area contributed by atoms with E-state index in [1.165, 1.54) is 0 Å². The number of hydrogen-bond donors (Lipinski definition) is 1. The number of nitriles is 1. The number of halogens is 3. The van der Waals surface area contributed by atoms with Crippen molar-refractivity contribution < 1.29 is 18.0 Å². The molecule has 0 aliphatic carbocycles. The third-order valence-electron chi connectivity index (χ3n) is 2.30. The van der Waals surface area contributed by atoms with Gasteiger partial charge in [0.05, 0.1) is 6.07 Å². The van der Waals surface area contributed by atoms with Crippen molar-refractivity contribution in [3.8, 4) is 6.07 Å². The van der Waals surface area contributed by atoms with Crippen molar-refractivity contribution in [1.29, 1.82) is 5.26 Å². The lowest BCUT2D eigenvalue weighted by Crippen LogP contribution is -2.50. The SMILES string of the molecule is N#CC1(NC(=O)CC(F)(F)F)CCSCC1. The van der Waals surface area contributed by atoms with Crippen LogP contribution in [0.3, 0.4) is 0 Å². The maximum Gasteiger partial charge on any atom is 0.397 e. The average Bonchev–Trinajstić information content (AvgIpc) is 2.16. The van der Waals surface area contributed by atoms with Crippen LogP contribution in [0.15, 0.2) is 0 Å². The smallest absolute Gasteiger partial charge is 0.337 e. The quantitative estimate of drug-likeness (QED) is 0.816. The monoisotopic (exact) mass is 252 g/mol.